The zero-order valence-corrected chi connectivity index (χ0v) is 24.4. The summed E-state index contributed by atoms with van der Waals surface area (Å²) in [5.41, 5.74) is 4.04. The Bertz CT molecular complexity index is 1290. The molecule has 1 saturated heterocycles. The van der Waals surface area contributed by atoms with E-state index >= 15 is 0 Å². The molecule has 2 aliphatic rings. The van der Waals surface area contributed by atoms with Crippen LogP contribution in [0.1, 0.15) is 66.4 Å². The molecule has 0 radical (unpaired) electrons. The second-order valence-corrected chi connectivity index (χ2v) is 13.7. The average Bonchev–Trinajstić information content (AvgIpc) is 3.37. The van der Waals surface area contributed by atoms with Crippen LogP contribution >= 0.6 is 0 Å². The van der Waals surface area contributed by atoms with Crippen molar-refractivity contribution in [3.63, 3.8) is 0 Å². The molecule has 8 nitrogen and oxygen atoms in total. The van der Waals surface area contributed by atoms with Crippen molar-refractivity contribution in [1.82, 2.24) is 10.2 Å². The number of nitrogens with one attached hydrogen (secondary N) is 1. The van der Waals surface area contributed by atoms with E-state index in [1.807, 2.05) is 43.3 Å². The molecule has 9 heteroatoms. The molecule has 1 aliphatic carbocycles. The normalized spacial score (nSPS) is 19.4. The fourth-order valence-corrected chi connectivity index (χ4v) is 6.44. The number of nitrogens with zero attached hydrogens (tertiary/aromatic N) is 1. The second-order valence-electron chi connectivity index (χ2n) is 11.5. The van der Waals surface area contributed by atoms with Crippen LogP contribution in [0, 0.1) is 12.8 Å². The lowest BCUT2D eigenvalue weighted by Crippen LogP contribution is -2.42. The molecule has 2 atom stereocenters. The van der Waals surface area contributed by atoms with Gasteiger partial charge in [-0.1, -0.05) is 49.6 Å². The molecule has 0 aromatic heterocycles. The number of ether oxygens (including phenoxy) is 1. The van der Waals surface area contributed by atoms with Crippen LogP contribution in [-0.4, -0.2) is 74.2 Å². The van der Waals surface area contributed by atoms with E-state index in [2.05, 4.69) is 10.2 Å². The molecule has 1 aliphatic heterocycles. The maximum atomic E-state index is 13.3. The van der Waals surface area contributed by atoms with Crippen molar-refractivity contribution in [2.75, 3.05) is 31.7 Å². The van der Waals surface area contributed by atoms with Gasteiger partial charge in [-0.05, 0) is 72.9 Å². The number of aryl methyl sites for hydroxylation is 1. The summed E-state index contributed by atoms with van der Waals surface area (Å²) in [6, 6.07) is 12.2. The van der Waals surface area contributed by atoms with Gasteiger partial charge >= 0.3 is 5.97 Å². The molecule has 2 aromatic rings. The van der Waals surface area contributed by atoms with Gasteiger partial charge in [0.2, 0.25) is 0 Å². The molecule has 40 heavy (non-hydrogen) atoms. The number of amides is 1. The number of carboxylic acids is 1. The molecular weight excluding hydrogens is 528 g/mol. The van der Waals surface area contributed by atoms with Crippen molar-refractivity contribution in [2.24, 2.45) is 5.92 Å². The molecule has 0 spiro atoms. The second kappa shape index (κ2) is 13.7. The van der Waals surface area contributed by atoms with E-state index in [-0.39, 0.29) is 18.3 Å². The van der Waals surface area contributed by atoms with Crippen molar-refractivity contribution in [3.05, 3.63) is 59.2 Å². The molecule has 2 N–H and O–H groups in total. The number of hydrogen-bond acceptors (Lipinski definition) is 6. The van der Waals surface area contributed by atoms with E-state index in [9.17, 15) is 23.1 Å². The van der Waals surface area contributed by atoms with Crippen LogP contribution < -0.4 is 5.32 Å². The lowest BCUT2D eigenvalue weighted by molar-refractivity contribution is -0.139. The topological polar surface area (TPSA) is 113 Å². The van der Waals surface area contributed by atoms with Gasteiger partial charge in [0.25, 0.3) is 5.91 Å². The number of hydrogen-bond donors (Lipinski definition) is 2. The van der Waals surface area contributed by atoms with Crippen molar-refractivity contribution < 1.29 is 27.9 Å². The highest BCUT2D eigenvalue weighted by Crippen LogP contribution is 2.30. The third-order valence-corrected chi connectivity index (χ3v) is 9.05. The first-order valence-corrected chi connectivity index (χ1v) is 16.4. The van der Waals surface area contributed by atoms with E-state index in [0.717, 1.165) is 61.2 Å². The molecule has 1 amide bonds. The van der Waals surface area contributed by atoms with E-state index < -0.39 is 27.8 Å². The number of likely N-dealkylation sites (tertiary alicyclic amines) is 1. The van der Waals surface area contributed by atoms with Gasteiger partial charge in [-0.2, -0.15) is 0 Å². The zero-order valence-electron chi connectivity index (χ0n) is 23.6. The first-order valence-electron chi connectivity index (χ1n) is 14.3. The minimum Gasteiger partial charge on any atom is -0.480 e. The van der Waals surface area contributed by atoms with Gasteiger partial charge < -0.3 is 15.2 Å². The maximum absolute atomic E-state index is 13.3. The summed E-state index contributed by atoms with van der Waals surface area (Å²) in [6.45, 7) is 5.41. The molecule has 1 saturated carbocycles. The fraction of sp³-hybridized carbons (Fsp3) is 0.548. The lowest BCUT2D eigenvalue weighted by Gasteiger charge is -2.23. The molecule has 0 bridgehead atoms. The summed E-state index contributed by atoms with van der Waals surface area (Å²) in [5, 5.41) is 12.2. The summed E-state index contributed by atoms with van der Waals surface area (Å²) in [5.74, 6) is -1.43. The van der Waals surface area contributed by atoms with Gasteiger partial charge in [-0.15, -0.1) is 0 Å². The number of benzene rings is 2. The minimum atomic E-state index is -3.37. The van der Waals surface area contributed by atoms with Crippen LogP contribution in [0.15, 0.2) is 42.5 Å². The lowest BCUT2D eigenvalue weighted by atomic mass is 9.90. The molecule has 218 valence electrons. The van der Waals surface area contributed by atoms with Gasteiger partial charge in [0.05, 0.1) is 11.9 Å². The van der Waals surface area contributed by atoms with Crippen LogP contribution in [0.25, 0.3) is 11.1 Å². The summed E-state index contributed by atoms with van der Waals surface area (Å²) in [6.07, 6.45) is 8.67. The number of carbonyl (C=O) groups excluding carboxylic acids is 1. The molecule has 1 heterocycles. The third kappa shape index (κ3) is 8.62. The van der Waals surface area contributed by atoms with Gasteiger partial charge in [0.1, 0.15) is 15.9 Å². The Morgan fingerprint density at radius 1 is 1.07 bits per heavy atom. The molecular formula is C31H42N2O6S. The number of carbonyl (C=O) groups is 2. The summed E-state index contributed by atoms with van der Waals surface area (Å²) < 4.78 is 29.5. The van der Waals surface area contributed by atoms with E-state index in [4.69, 9.17) is 4.74 Å². The van der Waals surface area contributed by atoms with Crippen molar-refractivity contribution in [1.29, 1.82) is 0 Å². The Morgan fingerprint density at radius 3 is 2.52 bits per heavy atom. The van der Waals surface area contributed by atoms with Gasteiger partial charge in [0, 0.05) is 38.1 Å². The Morgan fingerprint density at radius 2 is 1.82 bits per heavy atom. The molecule has 4 rings (SSSR count). The molecule has 2 aromatic carbocycles. The standard InChI is InChI=1S/C31H42N2O6S/c1-22-8-6-7-11-26(22)28-18-24(19-33-16-14-25(20-33)39-21-23-9-4-3-5-10-23)12-13-27(28)30(34)32-29(31(35)36)15-17-40(2,37)38/h6-8,11-13,18,23,25,29H,3-5,9-10,14-17,19-21H2,1-2H3,(H,32,34)(H,35,36). The van der Waals surface area contributed by atoms with Crippen LogP contribution in [0.5, 0.6) is 0 Å². The smallest absolute Gasteiger partial charge is 0.326 e. The molecule has 2 fully saturated rings. The van der Waals surface area contributed by atoms with Crippen LogP contribution in [-0.2, 0) is 25.9 Å². The quantitative estimate of drug-likeness (QED) is 0.388. The Hall–Kier alpha value is -2.75. The number of aliphatic carboxylic acids is 1. The highest BCUT2D eigenvalue weighted by molar-refractivity contribution is 7.90. The molecule has 2 unspecified atom stereocenters. The predicted molar refractivity (Wildman–Crippen MR) is 156 cm³/mol. The summed E-state index contributed by atoms with van der Waals surface area (Å²) >= 11 is 0. The van der Waals surface area contributed by atoms with Crippen molar-refractivity contribution in [3.8, 4) is 11.1 Å². The van der Waals surface area contributed by atoms with Gasteiger partial charge in [-0.25, -0.2) is 13.2 Å². The average molecular weight is 571 g/mol. The Labute approximate surface area is 238 Å². The van der Waals surface area contributed by atoms with Crippen molar-refractivity contribution >= 4 is 21.7 Å². The highest BCUT2D eigenvalue weighted by atomic mass is 32.2. The minimum absolute atomic E-state index is 0.198. The number of sulfone groups is 1. The van der Waals surface area contributed by atoms with Crippen LogP contribution in [0.4, 0.5) is 0 Å². The summed E-state index contributed by atoms with van der Waals surface area (Å²) in [7, 11) is -3.37. The van der Waals surface area contributed by atoms with E-state index in [1.165, 1.54) is 32.1 Å². The Kier molecular flexibility index (Phi) is 10.4. The third-order valence-electron chi connectivity index (χ3n) is 8.07. The van der Waals surface area contributed by atoms with E-state index in [0.29, 0.717) is 11.5 Å². The van der Waals surface area contributed by atoms with Crippen LogP contribution in [0.2, 0.25) is 0 Å². The maximum Gasteiger partial charge on any atom is 0.326 e. The highest BCUT2D eigenvalue weighted by Gasteiger charge is 2.27. The van der Waals surface area contributed by atoms with Crippen molar-refractivity contribution in [2.45, 2.75) is 70.6 Å². The Balaban J connectivity index is 1.47. The predicted octanol–water partition coefficient (Wildman–Crippen LogP) is 4.45. The SMILES string of the molecule is Cc1ccccc1-c1cc(CN2CCC(OCC3CCCCC3)C2)ccc1C(=O)NC(CCS(C)(=O)=O)C(=O)O. The fourth-order valence-electron chi connectivity index (χ4n) is 5.77. The van der Waals surface area contributed by atoms with Gasteiger partial charge in [-0.3, -0.25) is 9.69 Å². The van der Waals surface area contributed by atoms with Crippen LogP contribution in [0.3, 0.4) is 0 Å². The first-order chi connectivity index (χ1) is 19.1. The largest absolute Gasteiger partial charge is 0.480 e. The number of carboxylic acid groups (broad SMARTS) is 1. The first kappa shape index (κ1) is 30.2. The van der Waals surface area contributed by atoms with Gasteiger partial charge in [0.15, 0.2) is 0 Å². The van der Waals surface area contributed by atoms with E-state index in [1.54, 1.807) is 6.07 Å². The summed E-state index contributed by atoms with van der Waals surface area (Å²) in [4.78, 5) is 27.5. The number of rotatable bonds is 12. The monoisotopic (exact) mass is 570 g/mol. The zero-order chi connectivity index (χ0) is 28.7.